The molecule has 2 heteroatoms. The molecule has 2 N–H and O–H groups in total. The molecule has 16 heavy (non-hydrogen) atoms. The molecule has 0 radical (unpaired) electrons. The molecule has 88 valence electrons. The number of benzene rings is 1. The molecule has 0 bridgehead atoms. The minimum atomic E-state index is 0.149. The van der Waals surface area contributed by atoms with Crippen molar-refractivity contribution in [2.75, 3.05) is 6.61 Å². The second-order valence-corrected chi connectivity index (χ2v) is 5.55. The van der Waals surface area contributed by atoms with Gasteiger partial charge in [0.25, 0.3) is 0 Å². The van der Waals surface area contributed by atoms with Crippen molar-refractivity contribution < 1.29 is 5.11 Å². The fourth-order valence-corrected chi connectivity index (χ4v) is 2.64. The molecule has 1 aliphatic rings. The van der Waals surface area contributed by atoms with Crippen LogP contribution < -0.4 is 5.32 Å². The summed E-state index contributed by atoms with van der Waals surface area (Å²) in [7, 11) is 0. The SMILES string of the molecule is C[C@H](CO)NC1c2ccccc2CC1(C)C. The van der Waals surface area contributed by atoms with E-state index >= 15 is 0 Å². The molecular weight excluding hydrogens is 198 g/mol. The van der Waals surface area contributed by atoms with E-state index in [2.05, 4.69) is 43.4 Å². The van der Waals surface area contributed by atoms with Crippen LogP contribution in [0.2, 0.25) is 0 Å². The van der Waals surface area contributed by atoms with Crippen molar-refractivity contribution in [3.63, 3.8) is 0 Å². The Morgan fingerprint density at radius 3 is 2.81 bits per heavy atom. The van der Waals surface area contributed by atoms with Crippen molar-refractivity contribution >= 4 is 0 Å². The average Bonchev–Trinajstić information content (AvgIpc) is 2.50. The standard InChI is InChI=1S/C14H21NO/c1-10(9-16)15-13-12-7-5-4-6-11(12)8-14(13,2)3/h4-7,10,13,15-16H,8-9H2,1-3H3/t10-,13?/m1/s1. The van der Waals surface area contributed by atoms with E-state index in [1.165, 1.54) is 11.1 Å². The Balaban J connectivity index is 2.28. The van der Waals surface area contributed by atoms with Crippen molar-refractivity contribution in [1.82, 2.24) is 5.32 Å². The van der Waals surface area contributed by atoms with Crippen LogP contribution in [0.15, 0.2) is 24.3 Å². The van der Waals surface area contributed by atoms with Crippen molar-refractivity contribution in [3.8, 4) is 0 Å². The third-order valence-electron chi connectivity index (χ3n) is 3.52. The van der Waals surface area contributed by atoms with Gasteiger partial charge in [0.05, 0.1) is 6.61 Å². The van der Waals surface area contributed by atoms with Gasteiger partial charge in [0.15, 0.2) is 0 Å². The van der Waals surface area contributed by atoms with Gasteiger partial charge in [0.2, 0.25) is 0 Å². The summed E-state index contributed by atoms with van der Waals surface area (Å²) in [5, 5.41) is 12.7. The van der Waals surface area contributed by atoms with Gasteiger partial charge in [0.1, 0.15) is 0 Å². The van der Waals surface area contributed by atoms with Gasteiger partial charge in [-0.3, -0.25) is 0 Å². The van der Waals surface area contributed by atoms with Crippen LogP contribution in [0.1, 0.15) is 37.9 Å². The Bertz CT molecular complexity index is 373. The van der Waals surface area contributed by atoms with Crippen LogP contribution in [0.25, 0.3) is 0 Å². The summed E-state index contributed by atoms with van der Waals surface area (Å²) >= 11 is 0. The van der Waals surface area contributed by atoms with Crippen molar-refractivity contribution in [3.05, 3.63) is 35.4 Å². The van der Waals surface area contributed by atoms with E-state index in [0.717, 1.165) is 6.42 Å². The minimum Gasteiger partial charge on any atom is -0.395 e. The van der Waals surface area contributed by atoms with Crippen LogP contribution in [0.5, 0.6) is 0 Å². The largest absolute Gasteiger partial charge is 0.395 e. The fourth-order valence-electron chi connectivity index (χ4n) is 2.64. The molecule has 1 unspecified atom stereocenters. The van der Waals surface area contributed by atoms with E-state index in [1.54, 1.807) is 0 Å². The Morgan fingerprint density at radius 2 is 2.12 bits per heavy atom. The van der Waals surface area contributed by atoms with Crippen molar-refractivity contribution in [2.45, 2.75) is 39.3 Å². The first-order valence-corrected chi connectivity index (χ1v) is 5.99. The third kappa shape index (κ3) is 2.00. The highest BCUT2D eigenvalue weighted by atomic mass is 16.3. The van der Waals surface area contributed by atoms with E-state index in [1.807, 2.05) is 6.92 Å². The third-order valence-corrected chi connectivity index (χ3v) is 3.52. The highest BCUT2D eigenvalue weighted by Gasteiger charge is 2.38. The first kappa shape index (κ1) is 11.6. The first-order valence-electron chi connectivity index (χ1n) is 5.99. The minimum absolute atomic E-state index is 0.149. The molecule has 0 aromatic heterocycles. The number of nitrogens with one attached hydrogen (secondary N) is 1. The maximum Gasteiger partial charge on any atom is 0.0582 e. The Hall–Kier alpha value is -0.860. The zero-order chi connectivity index (χ0) is 11.8. The lowest BCUT2D eigenvalue weighted by Crippen LogP contribution is -2.38. The molecule has 0 saturated heterocycles. The molecule has 1 aliphatic carbocycles. The number of fused-ring (bicyclic) bond motifs is 1. The van der Waals surface area contributed by atoms with E-state index < -0.39 is 0 Å². The predicted octanol–water partition coefficient (Wildman–Crippen LogP) is 2.28. The summed E-state index contributed by atoms with van der Waals surface area (Å²) in [5.41, 5.74) is 3.07. The maximum atomic E-state index is 9.15. The normalized spacial score (nSPS) is 24.1. The number of hydrogen-bond donors (Lipinski definition) is 2. The maximum absolute atomic E-state index is 9.15. The summed E-state index contributed by atoms with van der Waals surface area (Å²) in [4.78, 5) is 0. The highest BCUT2D eigenvalue weighted by molar-refractivity contribution is 5.37. The number of rotatable bonds is 3. The van der Waals surface area contributed by atoms with E-state index in [-0.39, 0.29) is 18.1 Å². The summed E-state index contributed by atoms with van der Waals surface area (Å²) in [6.07, 6.45) is 1.11. The van der Waals surface area contributed by atoms with E-state index in [4.69, 9.17) is 5.11 Å². The van der Waals surface area contributed by atoms with Gasteiger partial charge in [-0.1, -0.05) is 38.1 Å². The number of aliphatic hydroxyl groups excluding tert-OH is 1. The fraction of sp³-hybridized carbons (Fsp3) is 0.571. The van der Waals surface area contributed by atoms with Crippen LogP contribution in [0, 0.1) is 5.41 Å². The molecule has 0 amide bonds. The lowest BCUT2D eigenvalue weighted by atomic mass is 9.85. The summed E-state index contributed by atoms with van der Waals surface area (Å²) in [6, 6.07) is 9.11. The summed E-state index contributed by atoms with van der Waals surface area (Å²) in [5.74, 6) is 0. The lowest BCUT2D eigenvalue weighted by Gasteiger charge is -2.31. The predicted molar refractivity (Wildman–Crippen MR) is 66.4 cm³/mol. The van der Waals surface area contributed by atoms with Gasteiger partial charge in [0, 0.05) is 12.1 Å². The van der Waals surface area contributed by atoms with Gasteiger partial charge < -0.3 is 10.4 Å². The molecule has 2 atom stereocenters. The number of aliphatic hydroxyl groups is 1. The molecule has 0 aliphatic heterocycles. The Kier molecular flexibility index (Phi) is 3.04. The lowest BCUT2D eigenvalue weighted by molar-refractivity contribution is 0.198. The van der Waals surface area contributed by atoms with Crippen LogP contribution in [0.3, 0.4) is 0 Å². The smallest absolute Gasteiger partial charge is 0.0582 e. The Morgan fingerprint density at radius 1 is 1.44 bits per heavy atom. The number of hydrogen-bond acceptors (Lipinski definition) is 2. The molecule has 0 saturated carbocycles. The zero-order valence-corrected chi connectivity index (χ0v) is 10.3. The van der Waals surface area contributed by atoms with Gasteiger partial charge in [-0.05, 0) is 29.9 Å². The second kappa shape index (κ2) is 4.19. The van der Waals surface area contributed by atoms with Gasteiger partial charge >= 0.3 is 0 Å². The molecule has 2 rings (SSSR count). The molecule has 0 spiro atoms. The summed E-state index contributed by atoms with van der Waals surface area (Å²) in [6.45, 7) is 6.79. The average molecular weight is 219 g/mol. The monoisotopic (exact) mass is 219 g/mol. The molecule has 0 fully saturated rings. The molecular formula is C14H21NO. The van der Waals surface area contributed by atoms with Gasteiger partial charge in [-0.25, -0.2) is 0 Å². The first-order chi connectivity index (χ1) is 7.54. The molecule has 2 nitrogen and oxygen atoms in total. The van der Waals surface area contributed by atoms with Crippen molar-refractivity contribution in [1.29, 1.82) is 0 Å². The highest BCUT2D eigenvalue weighted by Crippen LogP contribution is 2.45. The van der Waals surface area contributed by atoms with E-state index in [9.17, 15) is 0 Å². The van der Waals surface area contributed by atoms with Crippen molar-refractivity contribution in [2.24, 2.45) is 5.41 Å². The quantitative estimate of drug-likeness (QED) is 0.817. The van der Waals surface area contributed by atoms with Crippen LogP contribution in [-0.2, 0) is 6.42 Å². The van der Waals surface area contributed by atoms with Crippen LogP contribution in [0.4, 0.5) is 0 Å². The molecule has 1 aromatic carbocycles. The van der Waals surface area contributed by atoms with Crippen LogP contribution in [-0.4, -0.2) is 17.8 Å². The van der Waals surface area contributed by atoms with Gasteiger partial charge in [-0.15, -0.1) is 0 Å². The van der Waals surface area contributed by atoms with Crippen LogP contribution >= 0.6 is 0 Å². The second-order valence-electron chi connectivity index (χ2n) is 5.55. The van der Waals surface area contributed by atoms with Gasteiger partial charge in [-0.2, -0.15) is 0 Å². The molecule has 1 aromatic rings. The topological polar surface area (TPSA) is 32.3 Å². The zero-order valence-electron chi connectivity index (χ0n) is 10.3. The van der Waals surface area contributed by atoms with E-state index in [0.29, 0.717) is 6.04 Å². The summed E-state index contributed by atoms with van der Waals surface area (Å²) < 4.78 is 0. The molecule has 0 heterocycles. The Labute approximate surface area is 97.7 Å².